The molecule has 0 aromatic carbocycles. The number of primary amides is 1. The summed E-state index contributed by atoms with van der Waals surface area (Å²) in [7, 11) is 0. The van der Waals surface area contributed by atoms with E-state index >= 15 is 0 Å². The predicted molar refractivity (Wildman–Crippen MR) is 82.1 cm³/mol. The monoisotopic (exact) mass is 380 g/mol. The van der Waals surface area contributed by atoms with Crippen LogP contribution in [0, 0.1) is 0 Å². The first kappa shape index (κ1) is 22.2. The van der Waals surface area contributed by atoms with Crippen molar-refractivity contribution in [1.29, 1.82) is 0 Å². The van der Waals surface area contributed by atoms with Gasteiger partial charge in [0.25, 0.3) is 5.91 Å². The zero-order chi connectivity index (χ0) is 20.0. The molecule has 1 heterocycles. The van der Waals surface area contributed by atoms with Crippen LogP contribution in [0.4, 0.5) is 0 Å². The zero-order valence-corrected chi connectivity index (χ0v) is 13.9. The van der Waals surface area contributed by atoms with Crippen LogP contribution in [0.5, 0.6) is 0 Å². The van der Waals surface area contributed by atoms with Gasteiger partial charge < -0.3 is 41.9 Å². The maximum atomic E-state index is 12.1. The number of hydroxylamine groups is 1. The molecule has 13 nitrogen and oxygen atoms in total. The van der Waals surface area contributed by atoms with E-state index in [1.807, 2.05) is 5.48 Å². The number of hydrogen-bond acceptors (Lipinski definition) is 10. The Morgan fingerprint density at radius 3 is 2.27 bits per heavy atom. The van der Waals surface area contributed by atoms with Crippen LogP contribution in [-0.2, 0) is 24.0 Å². The fourth-order valence-electron chi connectivity index (χ4n) is 1.97. The number of amides is 3. The summed E-state index contributed by atoms with van der Waals surface area (Å²) in [6, 6.07) is -2.16. The van der Waals surface area contributed by atoms with Crippen molar-refractivity contribution in [3.8, 4) is 0 Å². The molecule has 7 atom stereocenters. The van der Waals surface area contributed by atoms with Gasteiger partial charge in [0.05, 0.1) is 6.04 Å². The molecule has 0 saturated carbocycles. The smallest absolute Gasteiger partial charge is 0.266 e. The lowest BCUT2D eigenvalue weighted by molar-refractivity contribution is -0.349. The standard InChI is InChI=1S/C13H24N4O9/c1-4(14)10(22)16-5(2-3-6(15)18)11(23)17-26-13-9(21)7(19)8(20)12(24)25-13/h4-5,7-9,12-13,19-21,24H,2-3,14H2,1H3,(H2,15,18)(H,16,22)(H,17,23)/t4-,5+,7?,8?,9?,12?,13?/m1/s1. The van der Waals surface area contributed by atoms with Gasteiger partial charge in [-0.3, -0.25) is 14.4 Å². The third-order valence-corrected chi connectivity index (χ3v) is 3.55. The van der Waals surface area contributed by atoms with Crippen molar-refractivity contribution in [3.63, 3.8) is 0 Å². The van der Waals surface area contributed by atoms with Gasteiger partial charge >= 0.3 is 0 Å². The molecule has 150 valence electrons. The van der Waals surface area contributed by atoms with Crippen molar-refractivity contribution >= 4 is 17.7 Å². The molecule has 5 unspecified atom stereocenters. The van der Waals surface area contributed by atoms with Gasteiger partial charge in [-0.2, -0.15) is 0 Å². The van der Waals surface area contributed by atoms with Crippen molar-refractivity contribution in [2.45, 2.75) is 62.7 Å². The molecule has 3 amide bonds. The molecular formula is C13H24N4O9. The van der Waals surface area contributed by atoms with Gasteiger partial charge in [0, 0.05) is 6.42 Å². The number of rotatable bonds is 8. The Bertz CT molecular complexity index is 518. The fraction of sp³-hybridized carbons (Fsp3) is 0.769. The molecule has 1 aliphatic rings. The van der Waals surface area contributed by atoms with E-state index in [1.54, 1.807) is 0 Å². The number of hydrogen-bond donors (Lipinski definition) is 8. The second kappa shape index (κ2) is 9.72. The molecule has 0 aromatic rings. The Balaban J connectivity index is 2.67. The second-order valence-electron chi connectivity index (χ2n) is 5.81. The van der Waals surface area contributed by atoms with Crippen molar-refractivity contribution in [3.05, 3.63) is 0 Å². The van der Waals surface area contributed by atoms with Gasteiger partial charge in [-0.25, -0.2) is 10.3 Å². The predicted octanol–water partition coefficient (Wildman–Crippen LogP) is -5.11. The fourth-order valence-corrected chi connectivity index (χ4v) is 1.97. The molecule has 26 heavy (non-hydrogen) atoms. The third-order valence-electron chi connectivity index (χ3n) is 3.55. The first-order valence-corrected chi connectivity index (χ1v) is 7.72. The van der Waals surface area contributed by atoms with E-state index in [-0.39, 0.29) is 12.8 Å². The molecule has 0 aromatic heterocycles. The van der Waals surface area contributed by atoms with Crippen molar-refractivity contribution in [2.75, 3.05) is 0 Å². The Morgan fingerprint density at radius 2 is 1.73 bits per heavy atom. The molecular weight excluding hydrogens is 356 g/mol. The highest BCUT2D eigenvalue weighted by molar-refractivity contribution is 5.89. The minimum absolute atomic E-state index is 0.152. The first-order chi connectivity index (χ1) is 12.0. The summed E-state index contributed by atoms with van der Waals surface area (Å²) in [6.45, 7) is 1.38. The van der Waals surface area contributed by atoms with E-state index in [2.05, 4.69) is 5.32 Å². The largest absolute Gasteiger partial charge is 0.387 e. The van der Waals surface area contributed by atoms with Crippen LogP contribution in [0.3, 0.4) is 0 Å². The number of nitrogens with one attached hydrogen (secondary N) is 2. The molecule has 10 N–H and O–H groups in total. The minimum atomic E-state index is -1.86. The van der Waals surface area contributed by atoms with Crippen LogP contribution in [0.2, 0.25) is 0 Å². The van der Waals surface area contributed by atoms with Crippen LogP contribution in [0.1, 0.15) is 19.8 Å². The summed E-state index contributed by atoms with van der Waals surface area (Å²) in [6.07, 6.45) is -9.27. The Kier molecular flexibility index (Phi) is 8.29. The number of carbonyl (C=O) groups is 3. The average Bonchev–Trinajstić information content (AvgIpc) is 2.57. The van der Waals surface area contributed by atoms with Crippen LogP contribution >= 0.6 is 0 Å². The number of aliphatic hydroxyl groups is 4. The molecule has 0 aliphatic carbocycles. The van der Waals surface area contributed by atoms with Gasteiger partial charge in [-0.1, -0.05) is 0 Å². The highest BCUT2D eigenvalue weighted by atomic mass is 16.8. The van der Waals surface area contributed by atoms with Crippen LogP contribution in [-0.4, -0.2) is 81.1 Å². The van der Waals surface area contributed by atoms with E-state index in [0.29, 0.717) is 0 Å². The normalized spacial score (nSPS) is 30.9. The van der Waals surface area contributed by atoms with Gasteiger partial charge in [0.1, 0.15) is 24.4 Å². The molecule has 1 fully saturated rings. The number of nitrogens with two attached hydrogens (primary N) is 2. The maximum absolute atomic E-state index is 12.1. The Hall–Kier alpha value is -1.87. The second-order valence-corrected chi connectivity index (χ2v) is 5.81. The summed E-state index contributed by atoms with van der Waals surface area (Å²) in [5.41, 5.74) is 12.3. The Labute approximate surface area is 148 Å². The quantitative estimate of drug-likeness (QED) is 0.187. The van der Waals surface area contributed by atoms with E-state index in [4.69, 9.17) is 21.0 Å². The highest BCUT2D eigenvalue weighted by Crippen LogP contribution is 2.20. The molecule has 1 rings (SSSR count). The topological polar surface area (TPSA) is 227 Å². The third kappa shape index (κ3) is 6.14. The number of ether oxygens (including phenoxy) is 1. The first-order valence-electron chi connectivity index (χ1n) is 7.72. The van der Waals surface area contributed by atoms with E-state index in [1.165, 1.54) is 6.92 Å². The Morgan fingerprint density at radius 1 is 1.12 bits per heavy atom. The van der Waals surface area contributed by atoms with Crippen molar-refractivity contribution < 1.29 is 44.4 Å². The molecule has 13 heteroatoms. The van der Waals surface area contributed by atoms with E-state index < -0.39 is 60.7 Å². The zero-order valence-electron chi connectivity index (χ0n) is 13.9. The van der Waals surface area contributed by atoms with Gasteiger partial charge in [0.2, 0.25) is 18.1 Å². The van der Waals surface area contributed by atoms with Crippen molar-refractivity contribution in [1.82, 2.24) is 10.8 Å². The summed E-state index contributed by atoms with van der Waals surface area (Å²) in [4.78, 5) is 39.4. The SMILES string of the molecule is C[C@@H](N)C(=O)N[C@@H](CCC(N)=O)C(=O)NOC1OC(O)C(O)C(O)C1O. The molecule has 0 bridgehead atoms. The minimum Gasteiger partial charge on any atom is -0.387 e. The summed E-state index contributed by atoms with van der Waals surface area (Å²) >= 11 is 0. The summed E-state index contributed by atoms with van der Waals surface area (Å²) < 4.78 is 4.71. The number of carbonyl (C=O) groups excluding carboxylic acids is 3. The number of aliphatic hydroxyl groups excluding tert-OH is 4. The highest BCUT2D eigenvalue weighted by Gasteiger charge is 2.44. The van der Waals surface area contributed by atoms with Gasteiger partial charge in [-0.05, 0) is 13.3 Å². The van der Waals surface area contributed by atoms with Gasteiger partial charge in [0.15, 0.2) is 6.29 Å². The van der Waals surface area contributed by atoms with E-state index in [9.17, 15) is 34.8 Å². The van der Waals surface area contributed by atoms with Crippen LogP contribution in [0.25, 0.3) is 0 Å². The molecule has 0 spiro atoms. The molecule has 1 aliphatic heterocycles. The lowest BCUT2D eigenvalue weighted by Crippen LogP contribution is -2.60. The lowest BCUT2D eigenvalue weighted by Gasteiger charge is -2.37. The van der Waals surface area contributed by atoms with Crippen LogP contribution < -0.4 is 22.3 Å². The average molecular weight is 380 g/mol. The van der Waals surface area contributed by atoms with Crippen LogP contribution in [0.15, 0.2) is 0 Å². The molecule has 1 saturated heterocycles. The summed E-state index contributed by atoms with van der Waals surface area (Å²) in [5.74, 6) is -2.30. The summed E-state index contributed by atoms with van der Waals surface area (Å²) in [5, 5.41) is 40.2. The molecule has 0 radical (unpaired) electrons. The van der Waals surface area contributed by atoms with Crippen molar-refractivity contribution in [2.24, 2.45) is 11.5 Å². The van der Waals surface area contributed by atoms with E-state index in [0.717, 1.165) is 0 Å². The lowest BCUT2D eigenvalue weighted by atomic mass is 10.0. The van der Waals surface area contributed by atoms with Gasteiger partial charge in [-0.15, -0.1) is 0 Å². The maximum Gasteiger partial charge on any atom is 0.266 e.